The van der Waals surface area contributed by atoms with Gasteiger partial charge in [0.05, 0.1) is 6.07 Å². The molecule has 1 heterocycles. The average Bonchev–Trinajstić information content (AvgIpc) is 3.12. The van der Waals surface area contributed by atoms with E-state index in [2.05, 4.69) is 11.4 Å². The Balaban J connectivity index is 1.93. The Morgan fingerprint density at radius 3 is 2.57 bits per heavy atom. The molecule has 0 radical (unpaired) electrons. The summed E-state index contributed by atoms with van der Waals surface area (Å²) in [5.74, 6) is -1.34. The first-order valence-electron chi connectivity index (χ1n) is 7.43. The van der Waals surface area contributed by atoms with Crippen LogP contribution in [0.2, 0.25) is 0 Å². The Kier molecular flexibility index (Phi) is 4.84. The van der Waals surface area contributed by atoms with Gasteiger partial charge in [0.1, 0.15) is 11.2 Å². The minimum Gasteiger partial charge on any atom is -0.451 e. The van der Waals surface area contributed by atoms with Gasteiger partial charge in [-0.15, -0.1) is 0 Å². The molecule has 2 rings (SSSR count). The second-order valence-electron chi connectivity index (χ2n) is 5.81. The number of nitriles is 1. The van der Waals surface area contributed by atoms with Crippen molar-refractivity contribution in [2.75, 3.05) is 6.61 Å². The highest BCUT2D eigenvalue weighted by molar-refractivity contribution is 5.98. The van der Waals surface area contributed by atoms with E-state index < -0.39 is 24.0 Å². The number of rotatable bonds is 5. The second-order valence-corrected chi connectivity index (χ2v) is 5.81. The third-order valence-corrected chi connectivity index (χ3v) is 4.00. The number of amides is 1. The fourth-order valence-electron chi connectivity index (χ4n) is 2.71. The number of ketones is 1. The molecule has 7 heteroatoms. The molecule has 0 atom stereocenters. The molecule has 1 aromatic heterocycles. The minimum atomic E-state index is -0.837. The van der Waals surface area contributed by atoms with Gasteiger partial charge >= 0.3 is 5.97 Å². The molecule has 1 fully saturated rings. The third kappa shape index (κ3) is 3.77. The molecule has 1 amide bonds. The van der Waals surface area contributed by atoms with Crippen molar-refractivity contribution >= 4 is 17.7 Å². The van der Waals surface area contributed by atoms with Gasteiger partial charge in [0.15, 0.2) is 12.4 Å². The normalized spacial score (nSPS) is 15.7. The summed E-state index contributed by atoms with van der Waals surface area (Å²) in [5.41, 5.74) is -0.242. The van der Waals surface area contributed by atoms with Crippen molar-refractivity contribution in [3.05, 3.63) is 23.5 Å². The molecule has 1 N–H and O–H groups in total. The fourth-order valence-corrected chi connectivity index (χ4v) is 2.71. The van der Waals surface area contributed by atoms with Gasteiger partial charge in [-0.3, -0.25) is 9.59 Å². The van der Waals surface area contributed by atoms with Crippen LogP contribution in [0.3, 0.4) is 0 Å². The lowest BCUT2D eigenvalue weighted by Crippen LogP contribution is -2.46. The highest BCUT2D eigenvalue weighted by atomic mass is 16.5. The van der Waals surface area contributed by atoms with Crippen LogP contribution in [0.15, 0.2) is 12.3 Å². The van der Waals surface area contributed by atoms with E-state index >= 15 is 0 Å². The number of nitrogens with one attached hydrogen (secondary N) is 1. The highest BCUT2D eigenvalue weighted by Crippen LogP contribution is 2.28. The maximum absolute atomic E-state index is 12.0. The quantitative estimate of drug-likeness (QED) is 0.652. The zero-order valence-corrected chi connectivity index (χ0v) is 13.2. The van der Waals surface area contributed by atoms with Crippen molar-refractivity contribution in [1.29, 1.82) is 5.26 Å². The first kappa shape index (κ1) is 16.7. The Bertz CT molecular complexity index is 678. The lowest BCUT2D eigenvalue weighted by atomic mass is 10.00. The summed E-state index contributed by atoms with van der Waals surface area (Å²) < 4.78 is 6.45. The van der Waals surface area contributed by atoms with Crippen LogP contribution in [0.25, 0.3) is 0 Å². The van der Waals surface area contributed by atoms with E-state index in [0.29, 0.717) is 18.4 Å². The van der Waals surface area contributed by atoms with Crippen LogP contribution in [0.1, 0.15) is 53.5 Å². The molecule has 0 aliphatic heterocycles. The van der Waals surface area contributed by atoms with Gasteiger partial charge in [-0.05, 0) is 38.7 Å². The number of aryl methyl sites for hydroxylation is 1. The molecule has 0 spiro atoms. The van der Waals surface area contributed by atoms with Crippen LogP contribution in [-0.4, -0.2) is 34.4 Å². The van der Waals surface area contributed by atoms with Gasteiger partial charge < -0.3 is 14.6 Å². The Morgan fingerprint density at radius 2 is 2.04 bits per heavy atom. The molecule has 0 unspecified atom stereocenters. The predicted molar refractivity (Wildman–Crippen MR) is 80.7 cm³/mol. The molecule has 1 aliphatic rings. The van der Waals surface area contributed by atoms with Gasteiger partial charge in [-0.25, -0.2) is 4.79 Å². The minimum absolute atomic E-state index is 0.158. The van der Waals surface area contributed by atoms with Crippen LogP contribution in [-0.2, 0) is 16.6 Å². The van der Waals surface area contributed by atoms with Crippen molar-refractivity contribution in [2.24, 2.45) is 7.05 Å². The molecule has 1 aromatic rings. The highest BCUT2D eigenvalue weighted by Gasteiger charge is 2.35. The van der Waals surface area contributed by atoms with Gasteiger partial charge in [0, 0.05) is 18.8 Å². The number of esters is 1. The molecule has 122 valence electrons. The van der Waals surface area contributed by atoms with Crippen molar-refractivity contribution in [3.63, 3.8) is 0 Å². The van der Waals surface area contributed by atoms with Crippen LogP contribution in [0.5, 0.6) is 0 Å². The number of hydrogen-bond acceptors (Lipinski definition) is 5. The number of hydrogen-bond donors (Lipinski definition) is 1. The summed E-state index contributed by atoms with van der Waals surface area (Å²) in [4.78, 5) is 35.2. The van der Waals surface area contributed by atoms with E-state index in [1.165, 1.54) is 23.8 Å². The maximum Gasteiger partial charge on any atom is 0.355 e. The average molecular weight is 317 g/mol. The van der Waals surface area contributed by atoms with Crippen molar-refractivity contribution < 1.29 is 19.1 Å². The van der Waals surface area contributed by atoms with E-state index in [-0.39, 0.29) is 11.5 Å². The monoisotopic (exact) mass is 317 g/mol. The Hall–Kier alpha value is -2.62. The fraction of sp³-hybridized carbons (Fsp3) is 0.500. The lowest BCUT2D eigenvalue weighted by Gasteiger charge is -2.21. The SMILES string of the molecule is CC(=O)c1cc(C(=O)OCC(=O)NC2(C#N)CCCC2)n(C)c1. The van der Waals surface area contributed by atoms with Crippen LogP contribution >= 0.6 is 0 Å². The number of carbonyl (C=O) groups excluding carboxylic acids is 3. The van der Waals surface area contributed by atoms with Crippen LogP contribution in [0.4, 0.5) is 0 Å². The van der Waals surface area contributed by atoms with Crippen molar-refractivity contribution in [2.45, 2.75) is 38.1 Å². The van der Waals surface area contributed by atoms with Crippen molar-refractivity contribution in [1.82, 2.24) is 9.88 Å². The zero-order chi connectivity index (χ0) is 17.0. The summed E-state index contributed by atoms with van der Waals surface area (Å²) in [6.45, 7) is 0.948. The Morgan fingerprint density at radius 1 is 1.39 bits per heavy atom. The molecular weight excluding hydrogens is 298 g/mol. The van der Waals surface area contributed by atoms with E-state index in [0.717, 1.165) is 12.8 Å². The van der Waals surface area contributed by atoms with E-state index in [9.17, 15) is 19.6 Å². The summed E-state index contributed by atoms with van der Waals surface area (Å²) in [5, 5.41) is 11.9. The maximum atomic E-state index is 12.0. The second kappa shape index (κ2) is 6.65. The molecular formula is C16H19N3O4. The third-order valence-electron chi connectivity index (χ3n) is 4.00. The standard InChI is InChI=1S/C16H19N3O4/c1-11(20)12-7-13(19(2)8-12)15(22)23-9-14(21)18-16(10-17)5-3-4-6-16/h7-8H,3-6,9H2,1-2H3,(H,18,21). The van der Waals surface area contributed by atoms with Gasteiger partial charge in [0.2, 0.25) is 0 Å². The van der Waals surface area contributed by atoms with Gasteiger partial charge in [0.25, 0.3) is 5.91 Å². The number of nitrogens with zero attached hydrogens (tertiary/aromatic N) is 2. The number of carbonyl (C=O) groups is 3. The molecule has 23 heavy (non-hydrogen) atoms. The first-order valence-corrected chi connectivity index (χ1v) is 7.43. The summed E-state index contributed by atoms with van der Waals surface area (Å²) >= 11 is 0. The Labute approximate surface area is 134 Å². The van der Waals surface area contributed by atoms with Gasteiger partial charge in [-0.2, -0.15) is 5.26 Å². The molecule has 1 aliphatic carbocycles. The number of Topliss-reactive ketones (excluding diaryl/α,β-unsaturated/α-hetero) is 1. The van der Waals surface area contributed by atoms with Crippen molar-refractivity contribution in [3.8, 4) is 6.07 Å². The first-order chi connectivity index (χ1) is 10.9. The number of aromatic nitrogens is 1. The van der Waals surface area contributed by atoms with E-state index in [4.69, 9.17) is 4.74 Å². The van der Waals surface area contributed by atoms with Crippen LogP contribution in [0, 0.1) is 11.3 Å². The summed E-state index contributed by atoms with van der Waals surface area (Å²) in [6.07, 6.45) is 4.55. The molecule has 0 saturated heterocycles. The molecule has 0 aromatic carbocycles. The predicted octanol–water partition coefficient (Wildman–Crippen LogP) is 1.34. The topological polar surface area (TPSA) is 101 Å². The summed E-state index contributed by atoms with van der Waals surface area (Å²) in [7, 11) is 1.62. The zero-order valence-electron chi connectivity index (χ0n) is 13.2. The van der Waals surface area contributed by atoms with E-state index in [1.54, 1.807) is 7.05 Å². The smallest absolute Gasteiger partial charge is 0.355 e. The molecule has 1 saturated carbocycles. The van der Waals surface area contributed by atoms with Gasteiger partial charge in [-0.1, -0.05) is 0 Å². The summed E-state index contributed by atoms with van der Waals surface area (Å²) in [6, 6.07) is 3.57. The van der Waals surface area contributed by atoms with Crippen LogP contribution < -0.4 is 5.32 Å². The molecule has 0 bridgehead atoms. The van der Waals surface area contributed by atoms with E-state index in [1.807, 2.05) is 0 Å². The molecule has 7 nitrogen and oxygen atoms in total. The lowest BCUT2D eigenvalue weighted by molar-refractivity contribution is -0.125. The largest absolute Gasteiger partial charge is 0.451 e. The number of ether oxygens (including phenoxy) is 1.